The van der Waals surface area contributed by atoms with Crippen molar-refractivity contribution in [2.45, 2.75) is 30.4 Å². The Labute approximate surface area is 156 Å². The second-order valence-electron chi connectivity index (χ2n) is 6.27. The van der Waals surface area contributed by atoms with Crippen molar-refractivity contribution >= 4 is 27.4 Å². The molecule has 7 nitrogen and oxygen atoms in total. The van der Waals surface area contributed by atoms with E-state index in [9.17, 15) is 26.8 Å². The number of hydrogen-bond acceptors (Lipinski definition) is 6. The van der Waals surface area contributed by atoms with E-state index in [-0.39, 0.29) is 25.4 Å². The Hall–Kier alpha value is -2.07. The SMILES string of the molecule is CCOC(=O)CN(CC(=O)Nc1ccccc1S(=O)(=O)C(F)F)CC1CC1. The minimum absolute atomic E-state index is 0.0747. The van der Waals surface area contributed by atoms with Crippen molar-refractivity contribution in [3.05, 3.63) is 24.3 Å². The van der Waals surface area contributed by atoms with Crippen LogP contribution in [0, 0.1) is 5.92 Å². The lowest BCUT2D eigenvalue weighted by Gasteiger charge is -2.21. The normalized spacial score (nSPS) is 14.4. The van der Waals surface area contributed by atoms with Gasteiger partial charge in [0.15, 0.2) is 0 Å². The molecular formula is C17H22F2N2O5S. The van der Waals surface area contributed by atoms with Crippen LogP contribution >= 0.6 is 0 Å². The van der Waals surface area contributed by atoms with Gasteiger partial charge in [-0.25, -0.2) is 8.42 Å². The number of sulfone groups is 1. The highest BCUT2D eigenvalue weighted by Gasteiger charge is 2.30. The Bertz CT molecular complexity index is 781. The highest BCUT2D eigenvalue weighted by molar-refractivity contribution is 7.91. The van der Waals surface area contributed by atoms with E-state index in [4.69, 9.17) is 4.74 Å². The summed E-state index contributed by atoms with van der Waals surface area (Å²) in [5.74, 6) is -4.26. The summed E-state index contributed by atoms with van der Waals surface area (Å²) < 4.78 is 54.1. The largest absolute Gasteiger partial charge is 0.465 e. The minimum Gasteiger partial charge on any atom is -0.465 e. The average molecular weight is 404 g/mol. The number of rotatable bonds is 10. The van der Waals surface area contributed by atoms with Crippen molar-refractivity contribution in [2.24, 2.45) is 5.92 Å². The van der Waals surface area contributed by atoms with Crippen molar-refractivity contribution in [1.82, 2.24) is 4.90 Å². The predicted octanol–water partition coefficient (Wildman–Crippen LogP) is 1.90. The third-order valence-corrected chi connectivity index (χ3v) is 5.38. The topological polar surface area (TPSA) is 92.8 Å². The van der Waals surface area contributed by atoms with Gasteiger partial charge in [-0.2, -0.15) is 8.78 Å². The van der Waals surface area contributed by atoms with Crippen LogP contribution in [-0.2, 0) is 24.2 Å². The number of nitrogens with one attached hydrogen (secondary N) is 1. The molecule has 10 heteroatoms. The van der Waals surface area contributed by atoms with Gasteiger partial charge < -0.3 is 10.1 Å². The molecule has 0 radical (unpaired) electrons. The number of hydrogen-bond donors (Lipinski definition) is 1. The van der Waals surface area contributed by atoms with Crippen LogP contribution in [0.25, 0.3) is 0 Å². The lowest BCUT2D eigenvalue weighted by atomic mass is 10.3. The molecule has 150 valence electrons. The van der Waals surface area contributed by atoms with Gasteiger partial charge in [-0.15, -0.1) is 0 Å². The van der Waals surface area contributed by atoms with Gasteiger partial charge in [-0.3, -0.25) is 14.5 Å². The molecule has 1 fully saturated rings. The zero-order chi connectivity index (χ0) is 20.0. The Balaban J connectivity index is 2.08. The summed E-state index contributed by atoms with van der Waals surface area (Å²) in [4.78, 5) is 25.0. The van der Waals surface area contributed by atoms with Crippen LogP contribution in [0.2, 0.25) is 0 Å². The van der Waals surface area contributed by atoms with Gasteiger partial charge >= 0.3 is 11.7 Å². The molecule has 0 heterocycles. The molecule has 0 unspecified atom stereocenters. The quantitative estimate of drug-likeness (QED) is 0.599. The summed E-state index contributed by atoms with van der Waals surface area (Å²) in [6.45, 7) is 2.17. The standard InChI is InChI=1S/C17H22F2N2O5S/c1-2-26-16(23)11-21(9-12-7-8-12)10-15(22)20-13-5-3-4-6-14(13)27(24,25)17(18)19/h3-6,12,17H,2,7-11H2,1H3,(H,20,22). The highest BCUT2D eigenvalue weighted by atomic mass is 32.2. The molecule has 1 aliphatic rings. The number of ether oxygens (including phenoxy) is 1. The van der Waals surface area contributed by atoms with Crippen molar-refractivity contribution in [1.29, 1.82) is 0 Å². The number of carbonyl (C=O) groups is 2. The van der Waals surface area contributed by atoms with Crippen LogP contribution in [0.5, 0.6) is 0 Å². The number of benzene rings is 1. The summed E-state index contributed by atoms with van der Waals surface area (Å²) in [5, 5.41) is 2.36. The molecule has 1 N–H and O–H groups in total. The first-order valence-electron chi connectivity index (χ1n) is 8.53. The molecule has 0 saturated heterocycles. The minimum atomic E-state index is -4.85. The fourth-order valence-corrected chi connectivity index (χ4v) is 3.43. The van der Waals surface area contributed by atoms with Crippen molar-refractivity contribution < 1.29 is 31.5 Å². The van der Waals surface area contributed by atoms with Gasteiger partial charge in [0.2, 0.25) is 15.7 Å². The number of para-hydroxylation sites is 1. The molecule has 0 aromatic heterocycles. The van der Waals surface area contributed by atoms with Crippen molar-refractivity contribution in [3.63, 3.8) is 0 Å². The van der Waals surface area contributed by atoms with Crippen molar-refractivity contribution in [2.75, 3.05) is 31.6 Å². The molecule has 1 aromatic rings. The fourth-order valence-electron chi connectivity index (χ4n) is 2.55. The average Bonchev–Trinajstić information content (AvgIpc) is 3.39. The summed E-state index contributed by atoms with van der Waals surface area (Å²) in [6.07, 6.45) is 2.02. The lowest BCUT2D eigenvalue weighted by molar-refractivity contribution is -0.144. The highest BCUT2D eigenvalue weighted by Crippen LogP contribution is 2.30. The zero-order valence-electron chi connectivity index (χ0n) is 14.9. The van der Waals surface area contributed by atoms with Crippen LogP contribution in [-0.4, -0.2) is 57.2 Å². The first kappa shape index (κ1) is 21.2. The van der Waals surface area contributed by atoms with Gasteiger partial charge in [0.1, 0.15) is 0 Å². The van der Waals surface area contributed by atoms with E-state index in [2.05, 4.69) is 5.32 Å². The fraction of sp³-hybridized carbons (Fsp3) is 0.529. The van der Waals surface area contributed by atoms with Crippen LogP contribution in [0.4, 0.5) is 14.5 Å². The molecule has 0 atom stereocenters. The van der Waals surface area contributed by atoms with Crippen molar-refractivity contribution in [3.8, 4) is 0 Å². The van der Waals surface area contributed by atoms with E-state index in [1.165, 1.54) is 18.2 Å². The Morgan fingerprint density at radius 1 is 1.26 bits per heavy atom. The number of amides is 1. The van der Waals surface area contributed by atoms with Gasteiger partial charge in [0.05, 0.1) is 30.3 Å². The third-order valence-electron chi connectivity index (χ3n) is 3.94. The predicted molar refractivity (Wildman–Crippen MR) is 94.1 cm³/mol. The van der Waals surface area contributed by atoms with Crippen LogP contribution in [0.15, 0.2) is 29.2 Å². The van der Waals surface area contributed by atoms with Crippen LogP contribution in [0.3, 0.4) is 0 Å². The van der Waals surface area contributed by atoms with Gasteiger partial charge in [-0.1, -0.05) is 12.1 Å². The number of nitrogens with zero attached hydrogens (tertiary/aromatic N) is 1. The molecule has 1 aliphatic carbocycles. The van der Waals surface area contributed by atoms with E-state index in [0.29, 0.717) is 12.5 Å². The molecule has 2 rings (SSSR count). The van der Waals surface area contributed by atoms with Gasteiger partial charge in [0, 0.05) is 6.54 Å². The maximum Gasteiger partial charge on any atom is 0.341 e. The lowest BCUT2D eigenvalue weighted by Crippen LogP contribution is -2.39. The maximum absolute atomic E-state index is 12.8. The molecule has 0 spiro atoms. The van der Waals surface area contributed by atoms with E-state index in [0.717, 1.165) is 18.9 Å². The number of anilines is 1. The number of alkyl halides is 2. The molecule has 27 heavy (non-hydrogen) atoms. The molecule has 1 saturated carbocycles. The second kappa shape index (κ2) is 9.23. The maximum atomic E-state index is 12.8. The summed E-state index contributed by atoms with van der Waals surface area (Å²) in [6, 6.07) is 4.98. The number of esters is 1. The molecule has 1 aromatic carbocycles. The Morgan fingerprint density at radius 2 is 1.93 bits per heavy atom. The van der Waals surface area contributed by atoms with E-state index < -0.39 is 32.4 Å². The first-order valence-corrected chi connectivity index (χ1v) is 10.1. The number of carbonyl (C=O) groups excluding carboxylic acids is 2. The summed E-state index contributed by atoms with van der Waals surface area (Å²) in [7, 11) is -4.85. The Morgan fingerprint density at radius 3 is 2.52 bits per heavy atom. The smallest absolute Gasteiger partial charge is 0.341 e. The van der Waals surface area contributed by atoms with Crippen LogP contribution in [0.1, 0.15) is 19.8 Å². The summed E-state index contributed by atoms with van der Waals surface area (Å²) in [5.41, 5.74) is -0.217. The van der Waals surface area contributed by atoms with E-state index in [1.807, 2.05) is 0 Å². The van der Waals surface area contributed by atoms with E-state index in [1.54, 1.807) is 11.8 Å². The third kappa shape index (κ3) is 6.24. The molecule has 1 amide bonds. The first-order chi connectivity index (χ1) is 12.7. The summed E-state index contributed by atoms with van der Waals surface area (Å²) >= 11 is 0. The van der Waals surface area contributed by atoms with Gasteiger partial charge in [0.25, 0.3) is 0 Å². The Kier molecular flexibility index (Phi) is 7.25. The molecule has 0 aliphatic heterocycles. The second-order valence-corrected chi connectivity index (χ2v) is 8.15. The van der Waals surface area contributed by atoms with Crippen LogP contribution < -0.4 is 5.32 Å². The molecule has 0 bridgehead atoms. The molecular weight excluding hydrogens is 382 g/mol. The van der Waals surface area contributed by atoms with E-state index >= 15 is 0 Å². The number of halogens is 2. The monoisotopic (exact) mass is 404 g/mol. The van der Waals surface area contributed by atoms with Gasteiger partial charge in [-0.05, 0) is 37.8 Å². The zero-order valence-corrected chi connectivity index (χ0v) is 15.7.